The Morgan fingerprint density at radius 2 is 1.80 bits per heavy atom. The van der Waals surface area contributed by atoms with Crippen molar-refractivity contribution in [1.82, 2.24) is 4.57 Å². The molecule has 0 bridgehead atoms. The molecule has 4 nitrogen and oxygen atoms in total. The summed E-state index contributed by atoms with van der Waals surface area (Å²) >= 11 is 7.55. The Labute approximate surface area is 155 Å². The molecular weight excluding hydrogens is 356 g/mol. The molecule has 0 radical (unpaired) electrons. The molecule has 1 heterocycles. The highest BCUT2D eigenvalue weighted by Gasteiger charge is 2.12. The first kappa shape index (κ1) is 17.7. The topological polar surface area (TPSA) is 46.8 Å². The molecule has 0 aliphatic heterocycles. The Kier molecular flexibility index (Phi) is 5.58. The van der Waals surface area contributed by atoms with Crippen LogP contribution in [0.2, 0.25) is 5.02 Å². The van der Waals surface area contributed by atoms with E-state index >= 15 is 0 Å². The molecule has 3 aromatic rings. The van der Waals surface area contributed by atoms with E-state index in [9.17, 15) is 5.11 Å². The molecule has 1 aromatic heterocycles. The molecule has 6 heteroatoms. The first-order valence-corrected chi connectivity index (χ1v) is 9.07. The second kappa shape index (κ2) is 7.87. The van der Waals surface area contributed by atoms with E-state index in [2.05, 4.69) is 11.5 Å². The van der Waals surface area contributed by atoms with Crippen molar-refractivity contribution in [2.75, 3.05) is 13.7 Å². The van der Waals surface area contributed by atoms with Crippen molar-refractivity contribution < 1.29 is 9.84 Å². The SMILES string of the molecule is COc1ccc(-c2c(C)sc(=Nc3ccc(Cl)cc3)n2CCO)cc1. The monoisotopic (exact) mass is 374 g/mol. The molecule has 0 saturated carbocycles. The van der Waals surface area contributed by atoms with Crippen LogP contribution in [0.4, 0.5) is 5.69 Å². The van der Waals surface area contributed by atoms with Gasteiger partial charge in [-0.05, 0) is 61.0 Å². The van der Waals surface area contributed by atoms with Crippen molar-refractivity contribution in [3.63, 3.8) is 0 Å². The van der Waals surface area contributed by atoms with Crippen molar-refractivity contribution >= 4 is 28.6 Å². The maximum atomic E-state index is 9.51. The van der Waals surface area contributed by atoms with Gasteiger partial charge in [0.05, 0.1) is 25.1 Å². The van der Waals surface area contributed by atoms with Gasteiger partial charge in [-0.25, -0.2) is 4.99 Å². The van der Waals surface area contributed by atoms with Gasteiger partial charge in [0.2, 0.25) is 0 Å². The largest absolute Gasteiger partial charge is 0.497 e. The van der Waals surface area contributed by atoms with Gasteiger partial charge in [0, 0.05) is 16.4 Å². The smallest absolute Gasteiger partial charge is 0.190 e. The minimum absolute atomic E-state index is 0.0487. The van der Waals surface area contributed by atoms with Crippen LogP contribution in [-0.2, 0) is 6.54 Å². The summed E-state index contributed by atoms with van der Waals surface area (Å²) in [5.41, 5.74) is 2.97. The quantitative estimate of drug-likeness (QED) is 0.718. The van der Waals surface area contributed by atoms with Crippen LogP contribution < -0.4 is 9.54 Å². The third kappa shape index (κ3) is 3.95. The van der Waals surface area contributed by atoms with Crippen molar-refractivity contribution in [1.29, 1.82) is 0 Å². The lowest BCUT2D eigenvalue weighted by Crippen LogP contribution is -2.17. The summed E-state index contributed by atoms with van der Waals surface area (Å²) in [5, 5.41) is 10.2. The van der Waals surface area contributed by atoms with Crippen LogP contribution in [0.25, 0.3) is 11.3 Å². The highest BCUT2D eigenvalue weighted by molar-refractivity contribution is 7.09. The van der Waals surface area contributed by atoms with Crippen LogP contribution in [0.5, 0.6) is 5.75 Å². The zero-order valence-electron chi connectivity index (χ0n) is 14.1. The number of methoxy groups -OCH3 is 1. The number of hydrogen-bond donors (Lipinski definition) is 1. The van der Waals surface area contributed by atoms with Gasteiger partial charge in [0.1, 0.15) is 5.75 Å². The van der Waals surface area contributed by atoms with E-state index in [1.165, 1.54) is 0 Å². The van der Waals surface area contributed by atoms with E-state index in [0.29, 0.717) is 11.6 Å². The molecule has 0 amide bonds. The van der Waals surface area contributed by atoms with Crippen LogP contribution in [0, 0.1) is 6.92 Å². The van der Waals surface area contributed by atoms with Crippen LogP contribution in [0.3, 0.4) is 0 Å². The fraction of sp³-hybridized carbons (Fsp3) is 0.211. The molecule has 3 rings (SSSR count). The molecule has 0 aliphatic rings. The molecular formula is C19H19ClN2O2S. The maximum Gasteiger partial charge on any atom is 0.190 e. The zero-order valence-corrected chi connectivity index (χ0v) is 15.6. The van der Waals surface area contributed by atoms with Crippen LogP contribution in [0.15, 0.2) is 53.5 Å². The highest BCUT2D eigenvalue weighted by atomic mass is 35.5. The second-order valence-corrected chi connectivity index (χ2v) is 7.10. The Bertz CT molecular complexity index is 912. The number of aryl methyl sites for hydroxylation is 1. The molecule has 0 unspecified atom stereocenters. The number of ether oxygens (including phenoxy) is 1. The van der Waals surface area contributed by atoms with Gasteiger partial charge in [-0.1, -0.05) is 11.6 Å². The Morgan fingerprint density at radius 1 is 1.12 bits per heavy atom. The molecule has 25 heavy (non-hydrogen) atoms. The highest BCUT2D eigenvalue weighted by Crippen LogP contribution is 2.27. The normalized spacial score (nSPS) is 11.8. The number of hydrogen-bond acceptors (Lipinski definition) is 4. The molecule has 0 aliphatic carbocycles. The molecule has 0 fully saturated rings. The van der Waals surface area contributed by atoms with E-state index in [0.717, 1.165) is 32.4 Å². The lowest BCUT2D eigenvalue weighted by molar-refractivity contribution is 0.275. The van der Waals surface area contributed by atoms with Crippen molar-refractivity contribution in [3.05, 3.63) is 63.2 Å². The van der Waals surface area contributed by atoms with E-state index in [1.54, 1.807) is 18.4 Å². The molecule has 1 N–H and O–H groups in total. The molecule has 0 atom stereocenters. The molecule has 130 valence electrons. The fourth-order valence-corrected chi connectivity index (χ4v) is 3.82. The predicted octanol–water partition coefficient (Wildman–Crippen LogP) is 4.41. The minimum Gasteiger partial charge on any atom is -0.497 e. The van der Waals surface area contributed by atoms with Gasteiger partial charge in [0.25, 0.3) is 0 Å². The standard InChI is InChI=1S/C19H19ClN2O2S/c1-13-18(14-3-9-17(24-2)10-4-14)22(11-12-23)19(25-13)21-16-7-5-15(20)6-8-16/h3-10,23H,11-12H2,1-2H3. The van der Waals surface area contributed by atoms with Crippen molar-refractivity contribution in [3.8, 4) is 17.0 Å². The van der Waals surface area contributed by atoms with E-state index in [1.807, 2.05) is 48.5 Å². The number of aromatic nitrogens is 1. The number of benzene rings is 2. The summed E-state index contributed by atoms with van der Waals surface area (Å²) in [6, 6.07) is 15.3. The predicted molar refractivity (Wildman–Crippen MR) is 103 cm³/mol. The van der Waals surface area contributed by atoms with Crippen LogP contribution >= 0.6 is 22.9 Å². The zero-order chi connectivity index (χ0) is 17.8. The third-order valence-electron chi connectivity index (χ3n) is 3.82. The number of aliphatic hydroxyl groups excluding tert-OH is 1. The average molecular weight is 375 g/mol. The van der Waals surface area contributed by atoms with Crippen LogP contribution in [-0.4, -0.2) is 23.4 Å². The average Bonchev–Trinajstić information content (AvgIpc) is 2.92. The number of rotatable bonds is 5. The fourth-order valence-electron chi connectivity index (χ4n) is 2.65. The lowest BCUT2D eigenvalue weighted by Gasteiger charge is -2.09. The number of aliphatic hydroxyl groups is 1. The first-order valence-electron chi connectivity index (χ1n) is 7.88. The van der Waals surface area contributed by atoms with Gasteiger partial charge in [-0.15, -0.1) is 11.3 Å². The Morgan fingerprint density at radius 3 is 2.40 bits per heavy atom. The van der Waals surface area contributed by atoms with Crippen LogP contribution in [0.1, 0.15) is 4.88 Å². The molecule has 2 aromatic carbocycles. The van der Waals surface area contributed by atoms with E-state index in [-0.39, 0.29) is 6.61 Å². The second-order valence-electron chi connectivity index (χ2n) is 5.48. The van der Waals surface area contributed by atoms with E-state index in [4.69, 9.17) is 21.3 Å². The van der Waals surface area contributed by atoms with Crippen molar-refractivity contribution in [2.24, 2.45) is 4.99 Å². The summed E-state index contributed by atoms with van der Waals surface area (Å²) in [6.45, 7) is 2.60. The van der Waals surface area contributed by atoms with Gasteiger partial charge in [-0.2, -0.15) is 0 Å². The number of halogens is 1. The summed E-state index contributed by atoms with van der Waals surface area (Å²) < 4.78 is 7.29. The van der Waals surface area contributed by atoms with Gasteiger partial charge < -0.3 is 14.4 Å². The lowest BCUT2D eigenvalue weighted by atomic mass is 10.1. The maximum absolute atomic E-state index is 9.51. The van der Waals surface area contributed by atoms with Gasteiger partial charge in [-0.3, -0.25) is 0 Å². The summed E-state index contributed by atoms with van der Waals surface area (Å²) in [4.78, 5) is 6.72. The third-order valence-corrected chi connectivity index (χ3v) is 5.06. The number of nitrogens with zero attached hydrogens (tertiary/aromatic N) is 2. The Hall–Kier alpha value is -2.08. The van der Waals surface area contributed by atoms with Gasteiger partial charge in [0.15, 0.2) is 4.80 Å². The Balaban J connectivity index is 2.12. The van der Waals surface area contributed by atoms with E-state index < -0.39 is 0 Å². The summed E-state index contributed by atoms with van der Waals surface area (Å²) in [6.07, 6.45) is 0. The van der Waals surface area contributed by atoms with Gasteiger partial charge >= 0.3 is 0 Å². The minimum atomic E-state index is 0.0487. The summed E-state index contributed by atoms with van der Waals surface area (Å²) in [7, 11) is 1.65. The van der Waals surface area contributed by atoms with Crippen molar-refractivity contribution in [2.45, 2.75) is 13.5 Å². The number of thiazole rings is 1. The summed E-state index contributed by atoms with van der Waals surface area (Å²) in [5.74, 6) is 0.816. The molecule has 0 saturated heterocycles. The first-order chi connectivity index (χ1) is 12.1. The molecule has 0 spiro atoms.